The molecule has 0 bridgehead atoms. The van der Waals surface area contributed by atoms with Gasteiger partial charge in [0.1, 0.15) is 4.21 Å². The Morgan fingerprint density at radius 3 is 2.80 bits per heavy atom. The molecule has 2 N–H and O–H groups in total. The number of rotatable bonds is 6. The minimum Gasteiger partial charge on any atom is -0.481 e. The molecule has 106 valence electrons. The smallest absolute Gasteiger partial charge is 0.308 e. The van der Waals surface area contributed by atoms with Crippen molar-refractivity contribution in [3.8, 4) is 0 Å². The van der Waals surface area contributed by atoms with Gasteiger partial charge >= 0.3 is 5.97 Å². The third-order valence-corrected chi connectivity index (χ3v) is 5.39. The molecule has 2 aromatic heterocycles. The van der Waals surface area contributed by atoms with Crippen molar-refractivity contribution < 1.29 is 18.3 Å². The molecule has 0 atom stereocenters. The molecule has 2 rings (SSSR count). The summed E-state index contributed by atoms with van der Waals surface area (Å²) in [6.45, 7) is 0.141. The van der Waals surface area contributed by atoms with Gasteiger partial charge in [-0.1, -0.05) is 6.07 Å². The van der Waals surface area contributed by atoms with Gasteiger partial charge in [-0.3, -0.25) is 9.78 Å². The number of hydrogen-bond acceptors (Lipinski definition) is 5. The number of aromatic nitrogens is 1. The Labute approximate surface area is 120 Å². The fourth-order valence-corrected chi connectivity index (χ4v) is 3.91. The van der Waals surface area contributed by atoms with Gasteiger partial charge in [-0.2, -0.15) is 0 Å². The standard InChI is InChI=1S/C12H12N2O4S2/c15-11(16)6-10-3-4-12(19-10)20(17,18)14-8-9-2-1-5-13-7-9/h1-5,7,14H,6,8H2,(H,15,16). The Balaban J connectivity index is 2.06. The Hall–Kier alpha value is -1.77. The summed E-state index contributed by atoms with van der Waals surface area (Å²) in [5, 5.41) is 8.67. The van der Waals surface area contributed by atoms with Crippen LogP contribution in [-0.4, -0.2) is 24.5 Å². The largest absolute Gasteiger partial charge is 0.481 e. The maximum atomic E-state index is 12.0. The molecule has 0 fully saturated rings. The summed E-state index contributed by atoms with van der Waals surface area (Å²) in [5.41, 5.74) is 0.749. The topological polar surface area (TPSA) is 96.4 Å². The summed E-state index contributed by atoms with van der Waals surface area (Å²) in [7, 11) is -3.63. The van der Waals surface area contributed by atoms with Crippen LogP contribution in [0.25, 0.3) is 0 Å². The monoisotopic (exact) mass is 312 g/mol. The van der Waals surface area contributed by atoms with E-state index < -0.39 is 16.0 Å². The van der Waals surface area contributed by atoms with Crippen molar-refractivity contribution in [1.29, 1.82) is 0 Å². The van der Waals surface area contributed by atoms with Crippen LogP contribution in [0.2, 0.25) is 0 Å². The normalized spacial score (nSPS) is 11.4. The van der Waals surface area contributed by atoms with E-state index >= 15 is 0 Å². The molecule has 0 saturated carbocycles. The van der Waals surface area contributed by atoms with Crippen molar-refractivity contribution in [2.75, 3.05) is 0 Å². The first-order valence-electron chi connectivity index (χ1n) is 5.66. The first-order chi connectivity index (χ1) is 9.47. The number of sulfonamides is 1. The average molecular weight is 312 g/mol. The van der Waals surface area contributed by atoms with Crippen molar-refractivity contribution in [3.05, 3.63) is 47.1 Å². The average Bonchev–Trinajstić information content (AvgIpc) is 2.86. The number of nitrogens with zero attached hydrogens (tertiary/aromatic N) is 1. The maximum absolute atomic E-state index is 12.0. The van der Waals surface area contributed by atoms with Crippen molar-refractivity contribution >= 4 is 27.3 Å². The first-order valence-corrected chi connectivity index (χ1v) is 7.96. The number of thiophene rings is 1. The lowest BCUT2D eigenvalue weighted by atomic mass is 10.3. The summed E-state index contributed by atoms with van der Waals surface area (Å²) < 4.78 is 26.6. The van der Waals surface area contributed by atoms with E-state index in [9.17, 15) is 13.2 Å². The van der Waals surface area contributed by atoms with Crippen LogP contribution in [-0.2, 0) is 27.8 Å². The van der Waals surface area contributed by atoms with Crippen molar-refractivity contribution in [3.63, 3.8) is 0 Å². The molecule has 8 heteroatoms. The molecule has 2 heterocycles. The lowest BCUT2D eigenvalue weighted by molar-refractivity contribution is -0.136. The van der Waals surface area contributed by atoms with Crippen LogP contribution < -0.4 is 4.72 Å². The highest BCUT2D eigenvalue weighted by Gasteiger charge is 2.17. The van der Waals surface area contributed by atoms with Gasteiger partial charge in [0, 0.05) is 23.8 Å². The highest BCUT2D eigenvalue weighted by Crippen LogP contribution is 2.22. The zero-order valence-electron chi connectivity index (χ0n) is 10.3. The van der Waals surface area contributed by atoms with Gasteiger partial charge in [-0.15, -0.1) is 11.3 Å². The summed E-state index contributed by atoms with van der Waals surface area (Å²) in [5.74, 6) is -0.987. The quantitative estimate of drug-likeness (QED) is 0.837. The molecule has 20 heavy (non-hydrogen) atoms. The van der Waals surface area contributed by atoms with E-state index in [4.69, 9.17) is 5.11 Å². The van der Waals surface area contributed by atoms with E-state index in [1.807, 2.05) is 0 Å². The van der Waals surface area contributed by atoms with Gasteiger partial charge in [-0.25, -0.2) is 13.1 Å². The molecule has 0 unspecified atom stereocenters. The van der Waals surface area contributed by atoms with Gasteiger partial charge in [0.2, 0.25) is 10.0 Å². The number of nitrogens with one attached hydrogen (secondary N) is 1. The molecule has 0 amide bonds. The van der Waals surface area contributed by atoms with Crippen LogP contribution in [0.3, 0.4) is 0 Å². The van der Waals surface area contributed by atoms with E-state index in [1.54, 1.807) is 24.5 Å². The number of hydrogen-bond donors (Lipinski definition) is 2. The van der Waals surface area contributed by atoms with Crippen molar-refractivity contribution in [2.24, 2.45) is 0 Å². The molecular weight excluding hydrogens is 300 g/mol. The third-order valence-electron chi connectivity index (χ3n) is 2.42. The second-order valence-electron chi connectivity index (χ2n) is 3.98. The molecule has 0 aliphatic carbocycles. The number of carbonyl (C=O) groups is 1. The summed E-state index contributed by atoms with van der Waals surface area (Å²) in [6.07, 6.45) is 3.00. The zero-order chi connectivity index (χ0) is 14.6. The fraction of sp³-hybridized carbons (Fsp3) is 0.167. The highest BCUT2D eigenvalue weighted by molar-refractivity contribution is 7.91. The van der Waals surface area contributed by atoms with E-state index in [2.05, 4.69) is 9.71 Å². The van der Waals surface area contributed by atoms with Gasteiger partial charge in [-0.05, 0) is 23.8 Å². The van der Waals surface area contributed by atoms with E-state index in [0.717, 1.165) is 16.9 Å². The molecule has 2 aromatic rings. The summed E-state index contributed by atoms with van der Waals surface area (Å²) in [4.78, 5) is 15.0. The second-order valence-corrected chi connectivity index (χ2v) is 7.14. The first kappa shape index (κ1) is 14.6. The lowest BCUT2D eigenvalue weighted by Gasteiger charge is -2.04. The minimum absolute atomic E-state index is 0.109. The van der Waals surface area contributed by atoms with E-state index in [-0.39, 0.29) is 17.2 Å². The lowest BCUT2D eigenvalue weighted by Crippen LogP contribution is -2.22. The molecule has 0 saturated heterocycles. The third kappa shape index (κ3) is 3.86. The minimum atomic E-state index is -3.63. The summed E-state index contributed by atoms with van der Waals surface area (Å²) >= 11 is 0.956. The van der Waals surface area contributed by atoms with Gasteiger partial charge in [0.25, 0.3) is 0 Å². The van der Waals surface area contributed by atoms with Crippen LogP contribution in [0.5, 0.6) is 0 Å². The number of carboxylic acids is 1. The molecule has 6 nitrogen and oxygen atoms in total. The van der Waals surface area contributed by atoms with Crippen molar-refractivity contribution in [1.82, 2.24) is 9.71 Å². The fourth-order valence-electron chi connectivity index (χ4n) is 1.50. The SMILES string of the molecule is O=C(O)Cc1ccc(S(=O)(=O)NCc2cccnc2)s1. The molecule has 0 aliphatic heterocycles. The number of carboxylic acid groups (broad SMARTS) is 1. The number of pyridine rings is 1. The predicted molar refractivity (Wildman–Crippen MR) is 73.9 cm³/mol. The Morgan fingerprint density at radius 1 is 1.35 bits per heavy atom. The maximum Gasteiger partial charge on any atom is 0.308 e. The van der Waals surface area contributed by atoms with Crippen molar-refractivity contribution in [2.45, 2.75) is 17.2 Å². The molecule has 0 spiro atoms. The van der Waals surface area contributed by atoms with Gasteiger partial charge in [0.15, 0.2) is 0 Å². The van der Waals surface area contributed by atoms with Gasteiger partial charge < -0.3 is 5.11 Å². The van der Waals surface area contributed by atoms with Crippen LogP contribution in [0.1, 0.15) is 10.4 Å². The van der Waals surface area contributed by atoms with Gasteiger partial charge in [0.05, 0.1) is 6.42 Å². The second kappa shape index (κ2) is 6.12. The van der Waals surface area contributed by atoms with Crippen LogP contribution in [0.15, 0.2) is 40.9 Å². The molecule has 0 aliphatic rings. The number of aliphatic carboxylic acids is 1. The van der Waals surface area contributed by atoms with Crippen LogP contribution in [0.4, 0.5) is 0 Å². The van der Waals surface area contributed by atoms with Crippen LogP contribution in [0, 0.1) is 0 Å². The molecular formula is C12H12N2O4S2. The highest BCUT2D eigenvalue weighted by atomic mass is 32.2. The van der Waals surface area contributed by atoms with E-state index in [1.165, 1.54) is 12.1 Å². The summed E-state index contributed by atoms with van der Waals surface area (Å²) in [6, 6.07) is 6.41. The Kier molecular flexibility index (Phi) is 4.48. The Morgan fingerprint density at radius 2 is 2.15 bits per heavy atom. The molecule has 0 aromatic carbocycles. The van der Waals surface area contributed by atoms with Crippen LogP contribution >= 0.6 is 11.3 Å². The predicted octanol–water partition coefficient (Wildman–Crippen LogP) is 1.25. The van der Waals surface area contributed by atoms with E-state index in [0.29, 0.717) is 4.88 Å². The molecule has 0 radical (unpaired) electrons. The zero-order valence-corrected chi connectivity index (χ0v) is 11.9. The Bertz CT molecular complexity index is 695.